The second kappa shape index (κ2) is 6.22. The number of hydrogen-bond acceptors (Lipinski definition) is 4. The molecule has 5 heteroatoms. The summed E-state index contributed by atoms with van der Waals surface area (Å²) in [6.07, 6.45) is 2.37. The van der Waals surface area contributed by atoms with Crippen LogP contribution < -0.4 is 5.32 Å². The predicted octanol–water partition coefficient (Wildman–Crippen LogP) is 3.33. The average molecular weight is 342 g/mol. The van der Waals surface area contributed by atoms with Crippen molar-refractivity contribution in [2.24, 2.45) is 5.92 Å². The number of benzene rings is 1. The van der Waals surface area contributed by atoms with Crippen molar-refractivity contribution in [3.8, 4) is 16.2 Å². The van der Waals surface area contributed by atoms with Gasteiger partial charge in [-0.15, -0.1) is 11.3 Å². The molecule has 5 rings (SSSR count). The Labute approximate surface area is 146 Å². The molecule has 0 radical (unpaired) electrons. The smallest absolute Gasteiger partial charge is 0.261 e. The summed E-state index contributed by atoms with van der Waals surface area (Å²) in [6.45, 7) is 4.42. The number of carbonyl (C=O) groups is 1. The Kier molecular flexibility index (Phi) is 4.06. The molecule has 0 saturated carbocycles. The second-order valence-electron chi connectivity index (χ2n) is 6.92. The van der Waals surface area contributed by atoms with E-state index in [0.29, 0.717) is 12.0 Å². The van der Waals surface area contributed by atoms with E-state index in [0.717, 1.165) is 21.9 Å². The van der Waals surface area contributed by atoms with E-state index in [1.165, 1.54) is 30.7 Å². The molecule has 2 aromatic rings. The Hall–Kier alpha value is -1.85. The van der Waals surface area contributed by atoms with Crippen molar-refractivity contribution in [3.05, 3.63) is 41.3 Å². The van der Waals surface area contributed by atoms with Gasteiger partial charge in [0.1, 0.15) is 5.75 Å². The maximum absolute atomic E-state index is 12.6. The molecule has 3 aliphatic rings. The highest BCUT2D eigenvalue weighted by Gasteiger charge is 2.38. The predicted molar refractivity (Wildman–Crippen MR) is 96.4 cm³/mol. The van der Waals surface area contributed by atoms with E-state index in [1.807, 2.05) is 24.3 Å². The van der Waals surface area contributed by atoms with Gasteiger partial charge in [-0.1, -0.05) is 12.1 Å². The van der Waals surface area contributed by atoms with Gasteiger partial charge >= 0.3 is 0 Å². The normalized spacial score (nSPS) is 28.7. The summed E-state index contributed by atoms with van der Waals surface area (Å²) >= 11 is 1.48. The molecule has 2 bridgehead atoms. The van der Waals surface area contributed by atoms with Gasteiger partial charge in [0.05, 0.1) is 4.88 Å². The van der Waals surface area contributed by atoms with Crippen molar-refractivity contribution in [1.82, 2.24) is 10.2 Å². The number of hydrogen-bond donors (Lipinski definition) is 2. The van der Waals surface area contributed by atoms with E-state index < -0.39 is 0 Å². The highest BCUT2D eigenvalue weighted by Crippen LogP contribution is 2.33. The van der Waals surface area contributed by atoms with E-state index in [-0.39, 0.29) is 17.7 Å². The molecule has 3 unspecified atom stereocenters. The Bertz CT molecular complexity index is 757. The molecule has 1 aromatic heterocycles. The fourth-order valence-electron chi connectivity index (χ4n) is 3.97. The number of phenols is 1. The number of piperidine rings is 3. The molecule has 4 heterocycles. The number of phenolic OH excluding ortho intramolecular Hbond substituents is 1. The van der Waals surface area contributed by atoms with Gasteiger partial charge in [0.25, 0.3) is 5.91 Å². The third-order valence-corrected chi connectivity index (χ3v) is 6.46. The van der Waals surface area contributed by atoms with Crippen molar-refractivity contribution in [3.63, 3.8) is 0 Å². The van der Waals surface area contributed by atoms with Gasteiger partial charge in [-0.05, 0) is 62.1 Å². The van der Waals surface area contributed by atoms with E-state index in [4.69, 9.17) is 0 Å². The Morgan fingerprint density at radius 2 is 2.21 bits per heavy atom. The zero-order chi connectivity index (χ0) is 16.7. The van der Waals surface area contributed by atoms with Crippen LogP contribution in [0, 0.1) is 5.92 Å². The van der Waals surface area contributed by atoms with Gasteiger partial charge in [-0.2, -0.15) is 0 Å². The largest absolute Gasteiger partial charge is 0.508 e. The molecule has 4 nitrogen and oxygen atoms in total. The minimum Gasteiger partial charge on any atom is -0.508 e. The first kappa shape index (κ1) is 15.7. The first-order valence-corrected chi connectivity index (χ1v) is 9.36. The topological polar surface area (TPSA) is 52.6 Å². The molecule has 3 fully saturated rings. The molecule has 3 saturated heterocycles. The monoisotopic (exact) mass is 342 g/mol. The number of nitrogens with zero attached hydrogens (tertiary/aromatic N) is 1. The fraction of sp³-hybridized carbons (Fsp3) is 0.421. The van der Waals surface area contributed by atoms with Gasteiger partial charge < -0.3 is 10.4 Å². The van der Waals surface area contributed by atoms with Crippen LogP contribution in [0.1, 0.15) is 29.4 Å². The number of fused-ring (bicyclic) bond motifs is 3. The lowest BCUT2D eigenvalue weighted by molar-refractivity contribution is 0.0275. The maximum atomic E-state index is 12.6. The van der Waals surface area contributed by atoms with E-state index >= 15 is 0 Å². The van der Waals surface area contributed by atoms with Gasteiger partial charge in [-0.3, -0.25) is 9.69 Å². The van der Waals surface area contributed by atoms with Gasteiger partial charge in [0.2, 0.25) is 0 Å². The fourth-order valence-corrected chi connectivity index (χ4v) is 4.88. The lowest BCUT2D eigenvalue weighted by Crippen LogP contribution is -2.60. The summed E-state index contributed by atoms with van der Waals surface area (Å²) in [5.41, 5.74) is 0.940. The molecule has 3 aliphatic heterocycles. The standard InChI is InChI=1S/C19H22N2O2S/c1-12-9-13-7-8-21(12)11-16(13)20-19(23)18-6-5-17(24-18)14-3-2-4-15(22)10-14/h2-6,10,12-13,16,22H,7-9,11H2,1H3,(H,20,23)/t12?,13?,16-/m0/s1. The number of aromatic hydroxyl groups is 1. The molecular formula is C19H22N2O2S. The highest BCUT2D eigenvalue weighted by atomic mass is 32.1. The van der Waals surface area contributed by atoms with Crippen LogP contribution in [0.3, 0.4) is 0 Å². The number of thiophene rings is 1. The molecule has 4 atom stereocenters. The minimum atomic E-state index is 0.0257. The first-order chi connectivity index (χ1) is 11.6. The number of carbonyl (C=O) groups excluding carboxylic acids is 1. The first-order valence-electron chi connectivity index (χ1n) is 8.54. The molecule has 24 heavy (non-hydrogen) atoms. The van der Waals surface area contributed by atoms with Crippen LogP contribution in [0.4, 0.5) is 0 Å². The van der Waals surface area contributed by atoms with Crippen molar-refractivity contribution in [2.75, 3.05) is 13.1 Å². The lowest BCUT2D eigenvalue weighted by atomic mass is 9.80. The van der Waals surface area contributed by atoms with Crippen molar-refractivity contribution < 1.29 is 9.90 Å². The van der Waals surface area contributed by atoms with Crippen LogP contribution >= 0.6 is 11.3 Å². The minimum absolute atomic E-state index is 0.0257. The molecule has 2 N–H and O–H groups in total. The van der Waals surface area contributed by atoms with Crippen LogP contribution in [0.2, 0.25) is 0 Å². The zero-order valence-corrected chi connectivity index (χ0v) is 14.6. The molecule has 0 aliphatic carbocycles. The summed E-state index contributed by atoms with van der Waals surface area (Å²) in [5.74, 6) is 0.880. The van der Waals surface area contributed by atoms with Crippen molar-refractivity contribution in [2.45, 2.75) is 31.8 Å². The third kappa shape index (κ3) is 2.94. The lowest BCUT2D eigenvalue weighted by Gasteiger charge is -2.48. The van der Waals surface area contributed by atoms with Crippen LogP contribution in [0.25, 0.3) is 10.4 Å². The number of nitrogens with one attached hydrogen (secondary N) is 1. The summed E-state index contributed by atoms with van der Waals surface area (Å²) in [6, 6.07) is 11.9. The summed E-state index contributed by atoms with van der Waals surface area (Å²) in [5, 5.41) is 12.9. The molecule has 0 spiro atoms. The Morgan fingerprint density at radius 1 is 1.33 bits per heavy atom. The molecule has 1 aromatic carbocycles. The summed E-state index contributed by atoms with van der Waals surface area (Å²) < 4.78 is 0. The van der Waals surface area contributed by atoms with Crippen molar-refractivity contribution >= 4 is 17.2 Å². The van der Waals surface area contributed by atoms with Crippen LogP contribution in [-0.4, -0.2) is 41.1 Å². The number of rotatable bonds is 3. The van der Waals surface area contributed by atoms with E-state index in [2.05, 4.69) is 17.1 Å². The van der Waals surface area contributed by atoms with Crippen LogP contribution in [0.5, 0.6) is 5.75 Å². The zero-order valence-electron chi connectivity index (χ0n) is 13.7. The maximum Gasteiger partial charge on any atom is 0.261 e. The van der Waals surface area contributed by atoms with Gasteiger partial charge in [-0.25, -0.2) is 0 Å². The number of amides is 1. The SMILES string of the molecule is CC1CC2CCN1C[C@@H]2NC(=O)c1ccc(-c2cccc(O)c2)s1. The van der Waals surface area contributed by atoms with Gasteiger partial charge in [0.15, 0.2) is 0 Å². The highest BCUT2D eigenvalue weighted by molar-refractivity contribution is 7.17. The van der Waals surface area contributed by atoms with E-state index in [9.17, 15) is 9.90 Å². The van der Waals surface area contributed by atoms with Crippen molar-refractivity contribution in [1.29, 1.82) is 0 Å². The van der Waals surface area contributed by atoms with Crippen LogP contribution in [0.15, 0.2) is 36.4 Å². The summed E-state index contributed by atoms with van der Waals surface area (Å²) in [7, 11) is 0. The third-order valence-electron chi connectivity index (χ3n) is 5.33. The summed E-state index contributed by atoms with van der Waals surface area (Å²) in [4.78, 5) is 16.8. The quantitative estimate of drug-likeness (QED) is 0.899. The molecule has 1 amide bonds. The molecule has 126 valence electrons. The Morgan fingerprint density at radius 3 is 2.92 bits per heavy atom. The van der Waals surface area contributed by atoms with Crippen LogP contribution in [-0.2, 0) is 0 Å². The Balaban J connectivity index is 1.46. The second-order valence-corrected chi connectivity index (χ2v) is 8.01. The van der Waals surface area contributed by atoms with Gasteiger partial charge in [0, 0.05) is 23.5 Å². The molecular weight excluding hydrogens is 320 g/mol. The van der Waals surface area contributed by atoms with E-state index in [1.54, 1.807) is 12.1 Å². The average Bonchev–Trinajstić information content (AvgIpc) is 3.06.